The number of unbranched alkanes of at least 4 members (excludes halogenated alkanes) is 1. The number of H-pyrrole nitrogens is 1. The van der Waals surface area contributed by atoms with Crippen LogP contribution in [0.3, 0.4) is 0 Å². The van der Waals surface area contributed by atoms with Gasteiger partial charge in [0.2, 0.25) is 0 Å². The molecule has 5 rings (SSSR count). The summed E-state index contributed by atoms with van der Waals surface area (Å²) in [6, 6.07) is 10.4. The second kappa shape index (κ2) is 11.0. The molecular weight excluding hydrogens is 450 g/mol. The molecule has 8 nitrogen and oxygen atoms in total. The zero-order valence-electron chi connectivity index (χ0n) is 21.2. The third kappa shape index (κ3) is 4.76. The fraction of sp³-hybridized carbons (Fsp3) is 0.464. The molecular formula is C28H35N7O. The number of benzene rings is 1. The molecule has 0 bridgehead atoms. The summed E-state index contributed by atoms with van der Waals surface area (Å²) in [5.74, 6) is 1.19. The third-order valence-corrected chi connectivity index (χ3v) is 7.67. The van der Waals surface area contributed by atoms with Crippen molar-refractivity contribution in [3.05, 3.63) is 70.7 Å². The molecule has 0 radical (unpaired) electrons. The van der Waals surface area contributed by atoms with Crippen LogP contribution in [0.5, 0.6) is 0 Å². The van der Waals surface area contributed by atoms with Gasteiger partial charge in [0.15, 0.2) is 5.82 Å². The Bertz CT molecular complexity index is 1340. The number of aromatic nitrogens is 7. The molecule has 36 heavy (non-hydrogen) atoms. The molecule has 1 fully saturated rings. The molecule has 4 aromatic rings. The minimum absolute atomic E-state index is 0.106. The van der Waals surface area contributed by atoms with Gasteiger partial charge in [-0.05, 0) is 64.8 Å². The lowest BCUT2D eigenvalue weighted by Crippen LogP contribution is -2.33. The molecule has 0 spiro atoms. The maximum atomic E-state index is 13.9. The number of tetrazole rings is 1. The summed E-state index contributed by atoms with van der Waals surface area (Å²) in [5, 5.41) is 14.5. The van der Waals surface area contributed by atoms with Crippen LogP contribution in [0.2, 0.25) is 0 Å². The number of hydrogen-bond acceptors (Lipinski definition) is 5. The van der Waals surface area contributed by atoms with Gasteiger partial charge >= 0.3 is 5.69 Å². The number of aromatic amines is 1. The lowest BCUT2D eigenvalue weighted by molar-refractivity contribution is 0.227. The fourth-order valence-electron chi connectivity index (χ4n) is 5.73. The highest BCUT2D eigenvalue weighted by Gasteiger charge is 2.28. The first-order valence-electron chi connectivity index (χ1n) is 13.3. The van der Waals surface area contributed by atoms with Gasteiger partial charge in [0.05, 0.1) is 6.54 Å². The summed E-state index contributed by atoms with van der Waals surface area (Å²) in [7, 11) is 0. The van der Waals surface area contributed by atoms with Gasteiger partial charge < -0.3 is 0 Å². The quantitative estimate of drug-likeness (QED) is 0.341. The van der Waals surface area contributed by atoms with E-state index in [1.54, 1.807) is 6.20 Å². The molecule has 2 unspecified atom stereocenters. The van der Waals surface area contributed by atoms with Crippen molar-refractivity contribution in [1.29, 1.82) is 0 Å². The Hall–Kier alpha value is -3.55. The van der Waals surface area contributed by atoms with Gasteiger partial charge in [-0.3, -0.25) is 14.1 Å². The maximum absolute atomic E-state index is 13.9. The normalized spacial score (nSPS) is 17.9. The number of imidazole rings is 1. The highest BCUT2D eigenvalue weighted by Crippen LogP contribution is 2.36. The zero-order valence-corrected chi connectivity index (χ0v) is 21.2. The predicted molar refractivity (Wildman–Crippen MR) is 141 cm³/mol. The van der Waals surface area contributed by atoms with Gasteiger partial charge in [-0.25, -0.2) is 9.89 Å². The van der Waals surface area contributed by atoms with Crippen LogP contribution in [0.1, 0.15) is 76.1 Å². The number of hydrogen-bond donors (Lipinski definition) is 1. The van der Waals surface area contributed by atoms with Crippen LogP contribution in [0.15, 0.2) is 53.7 Å². The van der Waals surface area contributed by atoms with Crippen molar-refractivity contribution in [3.8, 4) is 22.5 Å². The molecule has 1 N–H and O–H groups in total. The molecule has 3 heterocycles. The van der Waals surface area contributed by atoms with E-state index >= 15 is 0 Å². The van der Waals surface area contributed by atoms with E-state index in [4.69, 9.17) is 0 Å². The summed E-state index contributed by atoms with van der Waals surface area (Å²) < 4.78 is 4.04. The minimum Gasteiger partial charge on any atom is -0.296 e. The van der Waals surface area contributed by atoms with Gasteiger partial charge in [0.25, 0.3) is 0 Å². The van der Waals surface area contributed by atoms with Crippen LogP contribution >= 0.6 is 0 Å². The van der Waals surface area contributed by atoms with Crippen molar-refractivity contribution < 1.29 is 0 Å². The van der Waals surface area contributed by atoms with E-state index in [0.717, 1.165) is 60.1 Å². The first kappa shape index (κ1) is 24.2. The van der Waals surface area contributed by atoms with Crippen LogP contribution < -0.4 is 5.69 Å². The van der Waals surface area contributed by atoms with Gasteiger partial charge in [-0.15, -0.1) is 5.10 Å². The fourth-order valence-corrected chi connectivity index (χ4v) is 5.73. The Morgan fingerprint density at radius 2 is 1.89 bits per heavy atom. The first-order chi connectivity index (χ1) is 17.7. The Labute approximate surface area is 211 Å². The maximum Gasteiger partial charge on any atom is 0.328 e. The lowest BCUT2D eigenvalue weighted by Gasteiger charge is -2.31. The van der Waals surface area contributed by atoms with Crippen molar-refractivity contribution in [1.82, 2.24) is 34.7 Å². The molecule has 2 atom stereocenters. The van der Waals surface area contributed by atoms with Gasteiger partial charge in [-0.2, -0.15) is 0 Å². The Morgan fingerprint density at radius 3 is 2.67 bits per heavy atom. The molecule has 8 heteroatoms. The van der Waals surface area contributed by atoms with Crippen LogP contribution in [-0.4, -0.2) is 34.7 Å². The third-order valence-electron chi connectivity index (χ3n) is 7.67. The summed E-state index contributed by atoms with van der Waals surface area (Å²) in [5.41, 5.74) is 5.18. The molecule has 1 saturated carbocycles. The number of nitrogens with zero attached hydrogens (tertiary/aromatic N) is 6. The Morgan fingerprint density at radius 1 is 1.06 bits per heavy atom. The average molecular weight is 486 g/mol. The zero-order chi connectivity index (χ0) is 24.9. The summed E-state index contributed by atoms with van der Waals surface area (Å²) in [6.07, 6.45) is 14.8. The smallest absolute Gasteiger partial charge is 0.296 e. The van der Waals surface area contributed by atoms with Gasteiger partial charge in [0.1, 0.15) is 0 Å². The Kier molecular flexibility index (Phi) is 7.39. The van der Waals surface area contributed by atoms with Crippen LogP contribution in [0.25, 0.3) is 22.5 Å². The second-order valence-electron chi connectivity index (χ2n) is 9.85. The number of rotatable bonds is 9. The van der Waals surface area contributed by atoms with Crippen molar-refractivity contribution in [2.45, 2.75) is 77.8 Å². The van der Waals surface area contributed by atoms with E-state index in [2.05, 4.69) is 56.3 Å². The molecule has 188 valence electrons. The van der Waals surface area contributed by atoms with E-state index in [0.29, 0.717) is 24.3 Å². The van der Waals surface area contributed by atoms with E-state index in [-0.39, 0.29) is 5.69 Å². The monoisotopic (exact) mass is 485 g/mol. The lowest BCUT2D eigenvalue weighted by atomic mass is 9.83. The number of nitrogens with one attached hydrogen (secondary N) is 1. The molecule has 0 saturated heterocycles. The highest BCUT2D eigenvalue weighted by atomic mass is 16.1. The summed E-state index contributed by atoms with van der Waals surface area (Å²) in [4.78, 5) is 18.3. The Balaban J connectivity index is 1.56. The first-order valence-corrected chi connectivity index (χ1v) is 13.3. The second-order valence-corrected chi connectivity index (χ2v) is 9.85. The molecule has 0 amide bonds. The minimum atomic E-state index is 0.106. The van der Waals surface area contributed by atoms with Crippen molar-refractivity contribution in [2.24, 2.45) is 5.92 Å². The average Bonchev–Trinajstić information content (AvgIpc) is 3.57. The molecule has 1 aromatic carbocycles. The highest BCUT2D eigenvalue weighted by molar-refractivity contribution is 5.81. The molecule has 1 aliphatic carbocycles. The summed E-state index contributed by atoms with van der Waals surface area (Å²) >= 11 is 0. The largest absolute Gasteiger partial charge is 0.328 e. The van der Waals surface area contributed by atoms with E-state index in [1.165, 1.54) is 19.3 Å². The van der Waals surface area contributed by atoms with Crippen molar-refractivity contribution >= 4 is 0 Å². The van der Waals surface area contributed by atoms with Crippen LogP contribution in [0, 0.1) is 5.92 Å². The number of pyridine rings is 1. The van der Waals surface area contributed by atoms with Gasteiger partial charge in [0, 0.05) is 35.9 Å². The van der Waals surface area contributed by atoms with Crippen LogP contribution in [-0.2, 0) is 13.0 Å². The predicted octanol–water partition coefficient (Wildman–Crippen LogP) is 5.42. The van der Waals surface area contributed by atoms with Gasteiger partial charge in [-0.1, -0.05) is 63.8 Å². The van der Waals surface area contributed by atoms with E-state index in [9.17, 15) is 4.79 Å². The topological polar surface area (TPSA) is 94.3 Å². The molecule has 1 aliphatic rings. The van der Waals surface area contributed by atoms with Crippen molar-refractivity contribution in [3.63, 3.8) is 0 Å². The van der Waals surface area contributed by atoms with Crippen LogP contribution in [0.4, 0.5) is 0 Å². The standard InChI is InChI=1S/C28H35N7O/c1-3-5-11-22-19-35(26-14-9-6-10-20(26)4-2)28(36)34(22)18-21-17-29-16-15-23(21)24-12-7-8-13-25(24)27-30-32-33-31-27/h7-8,12-13,15-17,19-20,26H,3-6,9-11,14,18H2,1-2H3,(H,30,31,32,33). The summed E-state index contributed by atoms with van der Waals surface area (Å²) in [6.45, 7) is 4.94. The van der Waals surface area contributed by atoms with Crippen molar-refractivity contribution in [2.75, 3.05) is 0 Å². The molecule has 3 aromatic heterocycles. The van der Waals surface area contributed by atoms with E-state index < -0.39 is 0 Å². The number of aryl methyl sites for hydroxylation is 1. The SMILES string of the molecule is CCCCc1cn(C2CCCCC2CC)c(=O)n1Cc1cnccc1-c1ccccc1-c1nnn[nH]1. The van der Waals surface area contributed by atoms with E-state index in [1.807, 2.05) is 35.0 Å². The molecule has 0 aliphatic heterocycles.